The summed E-state index contributed by atoms with van der Waals surface area (Å²) < 4.78 is 4.84. The van der Waals surface area contributed by atoms with Crippen molar-refractivity contribution in [2.45, 2.75) is 52.4 Å². The van der Waals surface area contributed by atoms with Gasteiger partial charge in [0.05, 0.1) is 13.0 Å². The molecule has 0 aliphatic carbocycles. The van der Waals surface area contributed by atoms with Crippen LogP contribution in [0.4, 0.5) is 0 Å². The van der Waals surface area contributed by atoms with Gasteiger partial charge in [0.2, 0.25) is 5.91 Å². The maximum atomic E-state index is 12.8. The molecule has 0 saturated carbocycles. The minimum atomic E-state index is -0.299. The van der Waals surface area contributed by atoms with Crippen molar-refractivity contribution >= 4 is 11.9 Å². The fraction of sp³-hybridized carbons (Fsp3) is 0.652. The van der Waals surface area contributed by atoms with Crippen LogP contribution >= 0.6 is 0 Å². The highest BCUT2D eigenvalue weighted by Crippen LogP contribution is 2.12. The number of methoxy groups -OCH3 is 1. The summed E-state index contributed by atoms with van der Waals surface area (Å²) in [7, 11) is 1.40. The molecule has 1 aromatic rings. The molecule has 1 aliphatic rings. The molecule has 2 rings (SSSR count). The minimum Gasteiger partial charge on any atom is -0.469 e. The highest BCUT2D eigenvalue weighted by molar-refractivity contribution is 5.78. The second-order valence-corrected chi connectivity index (χ2v) is 8.01. The van der Waals surface area contributed by atoms with Crippen molar-refractivity contribution in [1.29, 1.82) is 0 Å². The van der Waals surface area contributed by atoms with Crippen LogP contribution in [0.15, 0.2) is 24.3 Å². The van der Waals surface area contributed by atoms with Crippen molar-refractivity contribution in [3.8, 4) is 0 Å². The molecule has 1 atom stereocenters. The van der Waals surface area contributed by atoms with Crippen LogP contribution in [-0.2, 0) is 20.7 Å². The van der Waals surface area contributed by atoms with Gasteiger partial charge < -0.3 is 14.5 Å². The number of rotatable bonds is 11. The van der Waals surface area contributed by atoms with E-state index in [1.807, 2.05) is 11.8 Å². The number of ether oxygens (including phenoxy) is 1. The molecule has 1 saturated heterocycles. The van der Waals surface area contributed by atoms with Gasteiger partial charge in [0.15, 0.2) is 0 Å². The van der Waals surface area contributed by atoms with E-state index in [4.69, 9.17) is 4.74 Å². The lowest BCUT2D eigenvalue weighted by molar-refractivity contribution is -0.146. The van der Waals surface area contributed by atoms with E-state index < -0.39 is 0 Å². The quantitative estimate of drug-likeness (QED) is 0.430. The molecule has 1 amide bonds. The topological polar surface area (TPSA) is 49.9 Å². The van der Waals surface area contributed by atoms with Gasteiger partial charge in [-0.15, -0.1) is 0 Å². The van der Waals surface area contributed by atoms with Crippen molar-refractivity contribution in [2.75, 3.05) is 39.8 Å². The number of hydrogen-bond acceptors (Lipinski definition) is 4. The molecule has 1 heterocycles. The van der Waals surface area contributed by atoms with Crippen LogP contribution in [0.1, 0.15) is 50.2 Å². The number of aryl methyl sites for hydroxylation is 2. The highest BCUT2D eigenvalue weighted by atomic mass is 16.5. The first-order valence-corrected chi connectivity index (χ1v) is 10.6. The summed E-state index contributed by atoms with van der Waals surface area (Å²) in [6.07, 6.45) is 5.88. The maximum Gasteiger partial charge on any atom is 0.310 e. The maximum absolute atomic E-state index is 12.8. The SMILES string of the molecule is COC(=O)C(C)CN(CCCCN1CCCC1)C(=O)CCc1ccc(C)cc1. The monoisotopic (exact) mass is 388 g/mol. The first kappa shape index (κ1) is 22.4. The number of unbranched alkanes of at least 4 members (excludes halogenated alkanes) is 1. The number of amides is 1. The molecule has 1 aromatic carbocycles. The number of esters is 1. The van der Waals surface area contributed by atoms with Crippen molar-refractivity contribution in [2.24, 2.45) is 5.92 Å². The summed E-state index contributed by atoms with van der Waals surface area (Å²) in [5.74, 6) is -0.433. The fourth-order valence-electron chi connectivity index (χ4n) is 3.73. The van der Waals surface area contributed by atoms with Crippen molar-refractivity contribution < 1.29 is 14.3 Å². The molecule has 0 N–H and O–H groups in total. The number of hydrogen-bond donors (Lipinski definition) is 0. The zero-order chi connectivity index (χ0) is 20.4. The van der Waals surface area contributed by atoms with E-state index in [1.165, 1.54) is 44.2 Å². The number of carbonyl (C=O) groups excluding carboxylic acids is 2. The van der Waals surface area contributed by atoms with Gasteiger partial charge in [0.1, 0.15) is 0 Å². The number of carbonyl (C=O) groups is 2. The highest BCUT2D eigenvalue weighted by Gasteiger charge is 2.21. The van der Waals surface area contributed by atoms with Gasteiger partial charge in [0, 0.05) is 19.5 Å². The van der Waals surface area contributed by atoms with E-state index in [0.29, 0.717) is 19.5 Å². The van der Waals surface area contributed by atoms with E-state index in [-0.39, 0.29) is 17.8 Å². The third-order valence-corrected chi connectivity index (χ3v) is 5.55. The number of likely N-dealkylation sites (tertiary alicyclic amines) is 1. The molecule has 1 unspecified atom stereocenters. The van der Waals surface area contributed by atoms with Gasteiger partial charge in [-0.3, -0.25) is 9.59 Å². The Morgan fingerprint density at radius 2 is 1.82 bits per heavy atom. The molecule has 156 valence electrons. The molecule has 0 bridgehead atoms. The first-order valence-electron chi connectivity index (χ1n) is 10.6. The fourth-order valence-corrected chi connectivity index (χ4v) is 3.73. The standard InChI is InChI=1S/C23H36N2O3/c1-19-8-10-21(11-9-19)12-13-22(26)25(18-20(2)23(27)28-3)17-7-6-16-24-14-4-5-15-24/h8-11,20H,4-7,12-18H2,1-3H3. The molecule has 1 fully saturated rings. The molecule has 0 radical (unpaired) electrons. The second-order valence-electron chi connectivity index (χ2n) is 8.01. The van der Waals surface area contributed by atoms with Crippen molar-refractivity contribution in [3.05, 3.63) is 35.4 Å². The van der Waals surface area contributed by atoms with Crippen LogP contribution in [0, 0.1) is 12.8 Å². The molecule has 0 aromatic heterocycles. The average Bonchev–Trinajstić information content (AvgIpc) is 3.22. The molecule has 28 heavy (non-hydrogen) atoms. The largest absolute Gasteiger partial charge is 0.469 e. The smallest absolute Gasteiger partial charge is 0.310 e. The second kappa shape index (κ2) is 11.8. The zero-order valence-corrected chi connectivity index (χ0v) is 17.8. The van der Waals surface area contributed by atoms with Crippen LogP contribution < -0.4 is 0 Å². The summed E-state index contributed by atoms with van der Waals surface area (Å²) in [5, 5.41) is 0. The Morgan fingerprint density at radius 1 is 1.14 bits per heavy atom. The van der Waals surface area contributed by atoms with Gasteiger partial charge in [0.25, 0.3) is 0 Å². The van der Waals surface area contributed by atoms with Gasteiger partial charge in [-0.2, -0.15) is 0 Å². The summed E-state index contributed by atoms with van der Waals surface area (Å²) in [6, 6.07) is 8.32. The Balaban J connectivity index is 1.84. The van der Waals surface area contributed by atoms with E-state index in [0.717, 1.165) is 25.8 Å². The van der Waals surface area contributed by atoms with E-state index in [2.05, 4.69) is 36.1 Å². The van der Waals surface area contributed by atoms with Gasteiger partial charge in [-0.1, -0.05) is 36.8 Å². The van der Waals surface area contributed by atoms with E-state index in [9.17, 15) is 9.59 Å². The third-order valence-electron chi connectivity index (χ3n) is 5.55. The lowest BCUT2D eigenvalue weighted by Gasteiger charge is -2.26. The average molecular weight is 389 g/mol. The molecule has 5 nitrogen and oxygen atoms in total. The van der Waals surface area contributed by atoms with Gasteiger partial charge in [-0.25, -0.2) is 0 Å². The van der Waals surface area contributed by atoms with E-state index >= 15 is 0 Å². The van der Waals surface area contributed by atoms with Gasteiger partial charge in [-0.05, 0) is 64.2 Å². The number of benzene rings is 1. The van der Waals surface area contributed by atoms with Crippen LogP contribution in [0.3, 0.4) is 0 Å². The zero-order valence-electron chi connectivity index (χ0n) is 17.8. The Labute approximate surface area is 170 Å². The lowest BCUT2D eigenvalue weighted by atomic mass is 10.1. The summed E-state index contributed by atoms with van der Waals surface area (Å²) in [5.41, 5.74) is 2.40. The minimum absolute atomic E-state index is 0.123. The predicted molar refractivity (Wildman–Crippen MR) is 112 cm³/mol. The molecular weight excluding hydrogens is 352 g/mol. The Morgan fingerprint density at radius 3 is 2.46 bits per heavy atom. The molecular formula is C23H36N2O3. The van der Waals surface area contributed by atoms with Gasteiger partial charge >= 0.3 is 5.97 Å². The molecule has 5 heteroatoms. The van der Waals surface area contributed by atoms with Crippen molar-refractivity contribution in [1.82, 2.24) is 9.80 Å². The summed E-state index contributed by atoms with van der Waals surface area (Å²) >= 11 is 0. The normalized spacial score (nSPS) is 15.4. The summed E-state index contributed by atoms with van der Waals surface area (Å²) in [4.78, 5) is 29.0. The Bertz CT molecular complexity index is 609. The molecule has 0 spiro atoms. The summed E-state index contributed by atoms with van der Waals surface area (Å²) in [6.45, 7) is 8.56. The predicted octanol–water partition coefficient (Wildman–Crippen LogP) is 3.44. The lowest BCUT2D eigenvalue weighted by Crippen LogP contribution is -2.38. The van der Waals surface area contributed by atoms with Crippen LogP contribution in [0.2, 0.25) is 0 Å². The third kappa shape index (κ3) is 7.63. The van der Waals surface area contributed by atoms with Crippen LogP contribution in [0.25, 0.3) is 0 Å². The van der Waals surface area contributed by atoms with Crippen molar-refractivity contribution in [3.63, 3.8) is 0 Å². The Kier molecular flexibility index (Phi) is 9.48. The van der Waals surface area contributed by atoms with Crippen LogP contribution in [0.5, 0.6) is 0 Å². The molecule has 1 aliphatic heterocycles. The number of nitrogens with zero attached hydrogens (tertiary/aromatic N) is 2. The first-order chi connectivity index (χ1) is 13.5. The van der Waals surface area contributed by atoms with Crippen LogP contribution in [-0.4, -0.2) is 61.5 Å². The van der Waals surface area contributed by atoms with E-state index in [1.54, 1.807) is 0 Å². The Hall–Kier alpha value is -1.88.